The highest BCUT2D eigenvalue weighted by Gasteiger charge is 2.09. The smallest absolute Gasteiger partial charge is 0.103 e. The van der Waals surface area contributed by atoms with Gasteiger partial charge in [0.15, 0.2) is 0 Å². The van der Waals surface area contributed by atoms with Gasteiger partial charge in [-0.15, -0.1) is 0 Å². The second-order valence-corrected chi connectivity index (χ2v) is 7.43. The maximum Gasteiger partial charge on any atom is 0.103 e. The van der Waals surface area contributed by atoms with Gasteiger partial charge in [0.1, 0.15) is 5.84 Å². The van der Waals surface area contributed by atoms with Crippen molar-refractivity contribution in [2.75, 3.05) is 20.1 Å². The second kappa shape index (κ2) is 15.7. The van der Waals surface area contributed by atoms with Gasteiger partial charge in [-0.1, -0.05) is 96.1 Å². The number of hydrogen-bond acceptors (Lipinski definition) is 2. The molecule has 0 saturated carbocycles. The first-order valence-electron chi connectivity index (χ1n) is 10.7. The van der Waals surface area contributed by atoms with E-state index in [0.29, 0.717) is 0 Å². The van der Waals surface area contributed by atoms with Crippen LogP contribution in [0.1, 0.15) is 103 Å². The molecule has 0 aliphatic carbocycles. The Kier molecular flexibility index (Phi) is 13.9. The molecule has 0 saturated heterocycles. The van der Waals surface area contributed by atoms with Crippen LogP contribution in [0.3, 0.4) is 0 Å². The summed E-state index contributed by atoms with van der Waals surface area (Å²) in [6.45, 7) is 4.38. The molecule has 2 nitrogen and oxygen atoms in total. The fraction of sp³-hybridized carbons (Fsp3) is 0.864. The number of amidine groups is 1. The zero-order valence-electron chi connectivity index (χ0n) is 16.6. The first-order valence-corrected chi connectivity index (χ1v) is 10.7. The summed E-state index contributed by atoms with van der Waals surface area (Å²) in [5, 5.41) is 0. The van der Waals surface area contributed by atoms with Crippen molar-refractivity contribution in [1.29, 1.82) is 0 Å². The highest BCUT2D eigenvalue weighted by Crippen LogP contribution is 2.13. The van der Waals surface area contributed by atoms with Gasteiger partial charge in [0.05, 0.1) is 6.54 Å². The van der Waals surface area contributed by atoms with Crippen LogP contribution in [0.25, 0.3) is 0 Å². The predicted octanol–water partition coefficient (Wildman–Crippen LogP) is 6.76. The van der Waals surface area contributed by atoms with Crippen molar-refractivity contribution in [3.63, 3.8) is 0 Å². The van der Waals surface area contributed by atoms with Gasteiger partial charge in [-0.3, -0.25) is 4.99 Å². The lowest BCUT2D eigenvalue weighted by molar-refractivity contribution is 0.540. The SMILES string of the molecule is CCCCCCCCCCCCCCCC=CCC1=NCCN1C. The summed E-state index contributed by atoms with van der Waals surface area (Å²) in [5.74, 6) is 1.26. The van der Waals surface area contributed by atoms with E-state index in [0.717, 1.165) is 19.5 Å². The van der Waals surface area contributed by atoms with Gasteiger partial charge in [0, 0.05) is 20.0 Å². The number of aliphatic imine (C=N–C) groups is 1. The van der Waals surface area contributed by atoms with Crippen LogP contribution in [0.5, 0.6) is 0 Å². The Morgan fingerprint density at radius 1 is 0.792 bits per heavy atom. The fourth-order valence-electron chi connectivity index (χ4n) is 3.39. The van der Waals surface area contributed by atoms with Crippen molar-refractivity contribution < 1.29 is 0 Å². The molecule has 0 radical (unpaired) electrons. The van der Waals surface area contributed by atoms with E-state index in [1.165, 1.54) is 95.7 Å². The number of allylic oxidation sites excluding steroid dienone is 1. The van der Waals surface area contributed by atoms with Gasteiger partial charge in [0.25, 0.3) is 0 Å². The average Bonchev–Trinajstić information content (AvgIpc) is 2.99. The molecule has 0 N–H and O–H groups in total. The quantitative estimate of drug-likeness (QED) is 0.225. The third kappa shape index (κ3) is 11.7. The van der Waals surface area contributed by atoms with Crippen LogP contribution < -0.4 is 0 Å². The van der Waals surface area contributed by atoms with E-state index in [1.807, 2.05) is 0 Å². The zero-order chi connectivity index (χ0) is 17.3. The molecule has 0 bridgehead atoms. The van der Waals surface area contributed by atoms with Gasteiger partial charge < -0.3 is 4.90 Å². The van der Waals surface area contributed by atoms with E-state index in [-0.39, 0.29) is 0 Å². The molecule has 0 atom stereocenters. The monoisotopic (exact) mass is 334 g/mol. The lowest BCUT2D eigenvalue weighted by Gasteiger charge is -2.11. The fourth-order valence-corrected chi connectivity index (χ4v) is 3.39. The van der Waals surface area contributed by atoms with Gasteiger partial charge in [-0.2, -0.15) is 0 Å². The number of nitrogens with zero attached hydrogens (tertiary/aromatic N) is 2. The van der Waals surface area contributed by atoms with Crippen molar-refractivity contribution in [3.05, 3.63) is 12.2 Å². The van der Waals surface area contributed by atoms with E-state index in [4.69, 9.17) is 0 Å². The largest absolute Gasteiger partial charge is 0.361 e. The Morgan fingerprint density at radius 3 is 1.83 bits per heavy atom. The van der Waals surface area contributed by atoms with Gasteiger partial charge in [0.2, 0.25) is 0 Å². The van der Waals surface area contributed by atoms with Crippen LogP contribution in [0, 0.1) is 0 Å². The van der Waals surface area contributed by atoms with E-state index in [1.54, 1.807) is 0 Å². The van der Waals surface area contributed by atoms with Crippen molar-refractivity contribution >= 4 is 5.84 Å². The zero-order valence-corrected chi connectivity index (χ0v) is 16.6. The second-order valence-electron chi connectivity index (χ2n) is 7.43. The number of rotatable bonds is 16. The van der Waals surface area contributed by atoms with E-state index in [9.17, 15) is 0 Å². The predicted molar refractivity (Wildman–Crippen MR) is 109 cm³/mol. The molecule has 24 heavy (non-hydrogen) atoms. The summed E-state index contributed by atoms with van der Waals surface area (Å²) in [5.41, 5.74) is 0. The molecule has 0 aromatic rings. The van der Waals surface area contributed by atoms with Gasteiger partial charge in [-0.05, 0) is 12.8 Å². The summed E-state index contributed by atoms with van der Waals surface area (Å²) < 4.78 is 0. The molecule has 140 valence electrons. The molecule has 1 heterocycles. The number of likely N-dealkylation sites (N-methyl/N-ethyl adjacent to an activating group) is 1. The Balaban J connectivity index is 1.74. The van der Waals surface area contributed by atoms with E-state index >= 15 is 0 Å². The molecule has 0 aromatic heterocycles. The van der Waals surface area contributed by atoms with Crippen LogP contribution in [0.4, 0.5) is 0 Å². The lowest BCUT2D eigenvalue weighted by Crippen LogP contribution is -2.21. The molecule has 0 aromatic carbocycles. The molecule has 1 rings (SSSR count). The van der Waals surface area contributed by atoms with Crippen molar-refractivity contribution in [2.45, 2.75) is 103 Å². The molecule has 2 heteroatoms. The van der Waals surface area contributed by atoms with Gasteiger partial charge in [-0.25, -0.2) is 0 Å². The topological polar surface area (TPSA) is 15.6 Å². The van der Waals surface area contributed by atoms with Crippen LogP contribution in [-0.4, -0.2) is 30.9 Å². The molecule has 0 unspecified atom stereocenters. The summed E-state index contributed by atoms with van der Waals surface area (Å²) in [6, 6.07) is 0. The first kappa shape index (κ1) is 21.3. The summed E-state index contributed by atoms with van der Waals surface area (Å²) >= 11 is 0. The number of hydrogen-bond donors (Lipinski definition) is 0. The maximum atomic E-state index is 4.52. The third-order valence-electron chi connectivity index (χ3n) is 5.11. The molecule has 1 aliphatic heterocycles. The molecule has 1 aliphatic rings. The normalized spacial score (nSPS) is 14.8. The van der Waals surface area contributed by atoms with Crippen LogP contribution in [0.15, 0.2) is 17.1 Å². The van der Waals surface area contributed by atoms with Crippen molar-refractivity contribution in [1.82, 2.24) is 4.90 Å². The lowest BCUT2D eigenvalue weighted by atomic mass is 10.0. The highest BCUT2D eigenvalue weighted by atomic mass is 15.2. The Bertz CT molecular complexity index is 333. The molecule has 0 fully saturated rings. The van der Waals surface area contributed by atoms with E-state index < -0.39 is 0 Å². The molecule has 0 amide bonds. The summed E-state index contributed by atoms with van der Waals surface area (Å²) in [6.07, 6.45) is 25.6. The highest BCUT2D eigenvalue weighted by molar-refractivity contribution is 5.84. The Hall–Kier alpha value is -0.790. The van der Waals surface area contributed by atoms with Crippen LogP contribution in [-0.2, 0) is 0 Å². The average molecular weight is 335 g/mol. The first-order chi connectivity index (χ1) is 11.8. The molecular weight excluding hydrogens is 292 g/mol. The van der Waals surface area contributed by atoms with Crippen LogP contribution >= 0.6 is 0 Å². The standard InChI is InChI=1S/C22H42N2/c1-3-4-5-6-7-8-9-10-11-12-13-14-15-16-17-18-19-22-23-20-21-24(22)2/h17-18H,3-16,19-21H2,1-2H3. The van der Waals surface area contributed by atoms with Gasteiger partial charge >= 0.3 is 0 Å². The van der Waals surface area contributed by atoms with Crippen molar-refractivity contribution in [3.8, 4) is 0 Å². The number of unbranched alkanes of at least 4 members (excludes halogenated alkanes) is 13. The Labute approximate surface area is 151 Å². The molecule has 0 spiro atoms. The van der Waals surface area contributed by atoms with Crippen molar-refractivity contribution in [2.24, 2.45) is 4.99 Å². The minimum Gasteiger partial charge on any atom is -0.361 e. The van der Waals surface area contributed by atoms with E-state index in [2.05, 4.69) is 36.0 Å². The maximum absolute atomic E-state index is 4.52. The minimum atomic E-state index is 0.985. The Morgan fingerprint density at radius 2 is 1.33 bits per heavy atom. The summed E-state index contributed by atoms with van der Waals surface area (Å²) in [7, 11) is 2.14. The van der Waals surface area contributed by atoms with Crippen LogP contribution in [0.2, 0.25) is 0 Å². The third-order valence-corrected chi connectivity index (χ3v) is 5.11. The minimum absolute atomic E-state index is 0.985. The summed E-state index contributed by atoms with van der Waals surface area (Å²) in [4.78, 5) is 6.79. The molecular formula is C22H42N2.